The molecule has 0 aliphatic heterocycles. The topological polar surface area (TPSA) is 90.3 Å². The number of benzene rings is 1. The minimum Gasteiger partial charge on any atom is -0.463 e. The van der Waals surface area contributed by atoms with Gasteiger partial charge < -0.3 is 10.1 Å². The Kier molecular flexibility index (Phi) is 5.46. The van der Waals surface area contributed by atoms with Crippen LogP contribution in [0.1, 0.15) is 20.3 Å². The Morgan fingerprint density at radius 2 is 2.04 bits per heavy atom. The summed E-state index contributed by atoms with van der Waals surface area (Å²) in [5, 5.41) is 7.13. The molecular formula is C16H19N3O4. The molecule has 1 N–H and O–H groups in total. The first kappa shape index (κ1) is 16.7. The van der Waals surface area contributed by atoms with Gasteiger partial charge in [-0.25, -0.2) is 0 Å². The molecule has 0 unspecified atom stereocenters. The molecule has 1 aromatic heterocycles. The normalized spacial score (nSPS) is 10.7. The minimum atomic E-state index is -0.354. The maximum atomic E-state index is 11.9. The van der Waals surface area contributed by atoms with Gasteiger partial charge in [0.1, 0.15) is 6.54 Å². The van der Waals surface area contributed by atoms with Gasteiger partial charge in [-0.15, -0.1) is 0 Å². The average molecular weight is 317 g/mol. The van der Waals surface area contributed by atoms with Crippen LogP contribution in [0.2, 0.25) is 0 Å². The largest absolute Gasteiger partial charge is 0.463 e. The summed E-state index contributed by atoms with van der Waals surface area (Å²) >= 11 is 0. The van der Waals surface area contributed by atoms with E-state index in [4.69, 9.17) is 4.74 Å². The van der Waals surface area contributed by atoms with Crippen LogP contribution in [-0.2, 0) is 20.9 Å². The van der Waals surface area contributed by atoms with Gasteiger partial charge in [-0.2, -0.15) is 5.10 Å². The van der Waals surface area contributed by atoms with E-state index in [0.717, 1.165) is 0 Å². The number of nitrogens with one attached hydrogen (secondary N) is 1. The van der Waals surface area contributed by atoms with Crippen molar-refractivity contribution in [2.75, 3.05) is 6.54 Å². The lowest BCUT2D eigenvalue weighted by Crippen LogP contribution is -2.31. The third kappa shape index (κ3) is 4.64. The summed E-state index contributed by atoms with van der Waals surface area (Å²) in [7, 11) is 0. The van der Waals surface area contributed by atoms with Crippen LogP contribution in [0.4, 0.5) is 0 Å². The van der Waals surface area contributed by atoms with E-state index < -0.39 is 0 Å². The van der Waals surface area contributed by atoms with Gasteiger partial charge in [0.15, 0.2) is 0 Å². The number of esters is 1. The van der Waals surface area contributed by atoms with Crippen molar-refractivity contribution in [1.82, 2.24) is 15.1 Å². The van der Waals surface area contributed by atoms with Crippen molar-refractivity contribution < 1.29 is 14.3 Å². The summed E-state index contributed by atoms with van der Waals surface area (Å²) in [5.74, 6) is -0.643. The molecule has 0 fully saturated rings. The molecule has 7 nitrogen and oxygen atoms in total. The quantitative estimate of drug-likeness (QED) is 0.798. The Morgan fingerprint density at radius 1 is 1.30 bits per heavy atom. The molecule has 0 saturated heterocycles. The highest BCUT2D eigenvalue weighted by Crippen LogP contribution is 2.07. The first-order valence-corrected chi connectivity index (χ1v) is 7.38. The van der Waals surface area contributed by atoms with Gasteiger partial charge >= 0.3 is 5.97 Å². The lowest BCUT2D eigenvalue weighted by molar-refractivity contribution is -0.147. The lowest BCUT2D eigenvalue weighted by Gasteiger charge is -2.10. The van der Waals surface area contributed by atoms with E-state index in [9.17, 15) is 14.4 Å². The van der Waals surface area contributed by atoms with Gasteiger partial charge in [0.05, 0.1) is 24.2 Å². The number of ether oxygens (including phenoxy) is 1. The van der Waals surface area contributed by atoms with Crippen LogP contribution in [0.3, 0.4) is 0 Å². The molecule has 7 heteroatoms. The van der Waals surface area contributed by atoms with Crippen LogP contribution in [0.5, 0.6) is 0 Å². The monoisotopic (exact) mass is 317 g/mol. The molecule has 1 aromatic carbocycles. The number of rotatable bonds is 6. The molecule has 2 rings (SSSR count). The van der Waals surface area contributed by atoms with Gasteiger partial charge in [0, 0.05) is 11.9 Å². The lowest BCUT2D eigenvalue weighted by atomic mass is 10.2. The molecule has 122 valence electrons. The number of fused-ring (bicyclic) bond motifs is 1. The molecule has 23 heavy (non-hydrogen) atoms. The van der Waals surface area contributed by atoms with E-state index in [1.165, 1.54) is 10.9 Å². The highest BCUT2D eigenvalue weighted by molar-refractivity contribution is 5.81. The first-order valence-electron chi connectivity index (χ1n) is 7.38. The zero-order valence-electron chi connectivity index (χ0n) is 13.1. The Bertz CT molecular complexity index is 767. The van der Waals surface area contributed by atoms with Crippen LogP contribution >= 0.6 is 0 Å². The van der Waals surface area contributed by atoms with Gasteiger partial charge in [-0.1, -0.05) is 12.1 Å². The van der Waals surface area contributed by atoms with Crippen molar-refractivity contribution in [3.63, 3.8) is 0 Å². The number of carbonyl (C=O) groups excluding carboxylic acids is 2. The maximum Gasteiger partial charge on any atom is 0.307 e. The van der Waals surface area contributed by atoms with Crippen LogP contribution in [0, 0.1) is 0 Å². The van der Waals surface area contributed by atoms with Gasteiger partial charge in [-0.05, 0) is 26.0 Å². The van der Waals surface area contributed by atoms with Crippen molar-refractivity contribution in [3.05, 3.63) is 40.7 Å². The predicted octanol–water partition coefficient (Wildman–Crippen LogP) is 0.854. The molecule has 2 aromatic rings. The molecule has 0 saturated carbocycles. The number of nitrogens with zero attached hydrogens (tertiary/aromatic N) is 2. The van der Waals surface area contributed by atoms with E-state index in [2.05, 4.69) is 10.4 Å². The van der Waals surface area contributed by atoms with E-state index >= 15 is 0 Å². The van der Waals surface area contributed by atoms with Gasteiger partial charge in [0.25, 0.3) is 0 Å². The Labute approximate surface area is 133 Å². The fourth-order valence-corrected chi connectivity index (χ4v) is 2.10. The number of amides is 1. The first-order chi connectivity index (χ1) is 11.0. The molecule has 0 aliphatic carbocycles. The van der Waals surface area contributed by atoms with Gasteiger partial charge in [0.2, 0.25) is 11.3 Å². The Morgan fingerprint density at radius 3 is 2.78 bits per heavy atom. The summed E-state index contributed by atoms with van der Waals surface area (Å²) in [6.45, 7) is 3.70. The number of carbonyl (C=O) groups is 2. The second-order valence-corrected chi connectivity index (χ2v) is 5.32. The number of aromatic nitrogens is 2. The van der Waals surface area contributed by atoms with E-state index in [0.29, 0.717) is 10.9 Å². The summed E-state index contributed by atoms with van der Waals surface area (Å²) < 4.78 is 6.44. The summed E-state index contributed by atoms with van der Waals surface area (Å²) in [5.41, 5.74) is 0.406. The zero-order chi connectivity index (χ0) is 16.8. The molecule has 0 aliphatic rings. The van der Waals surface area contributed by atoms with Gasteiger partial charge in [-0.3, -0.25) is 19.1 Å². The van der Waals surface area contributed by atoms with E-state index in [-0.39, 0.29) is 42.9 Å². The van der Waals surface area contributed by atoms with Crippen LogP contribution < -0.4 is 10.7 Å². The van der Waals surface area contributed by atoms with Crippen molar-refractivity contribution in [3.8, 4) is 0 Å². The minimum absolute atomic E-state index is 0.0278. The number of para-hydroxylation sites is 1. The predicted molar refractivity (Wildman–Crippen MR) is 84.9 cm³/mol. The molecule has 0 radical (unpaired) electrons. The second-order valence-electron chi connectivity index (χ2n) is 5.32. The Balaban J connectivity index is 1.95. The number of hydrogen-bond donors (Lipinski definition) is 1. The van der Waals surface area contributed by atoms with E-state index in [1.807, 2.05) is 0 Å². The molecule has 1 heterocycles. The van der Waals surface area contributed by atoms with Crippen LogP contribution in [0.25, 0.3) is 10.9 Å². The van der Waals surface area contributed by atoms with E-state index in [1.54, 1.807) is 38.1 Å². The number of hydrogen-bond acceptors (Lipinski definition) is 5. The second kappa shape index (κ2) is 7.53. The highest BCUT2D eigenvalue weighted by atomic mass is 16.5. The summed E-state index contributed by atoms with van der Waals surface area (Å²) in [4.78, 5) is 35.0. The smallest absolute Gasteiger partial charge is 0.307 e. The summed E-state index contributed by atoms with van der Waals surface area (Å²) in [6.07, 6.45) is 1.13. The molecule has 0 atom stereocenters. The molecule has 1 amide bonds. The van der Waals surface area contributed by atoms with Crippen molar-refractivity contribution in [2.24, 2.45) is 0 Å². The average Bonchev–Trinajstić information content (AvgIpc) is 2.49. The third-order valence-corrected chi connectivity index (χ3v) is 3.07. The van der Waals surface area contributed by atoms with Crippen LogP contribution in [0.15, 0.2) is 35.3 Å². The van der Waals surface area contributed by atoms with Crippen LogP contribution in [-0.4, -0.2) is 34.3 Å². The maximum absolute atomic E-state index is 11.9. The SMILES string of the molecule is CC(C)OC(=O)CCNC(=O)Cn1ncc(=O)c2ccccc21. The fraction of sp³-hybridized carbons (Fsp3) is 0.375. The molecular weight excluding hydrogens is 298 g/mol. The highest BCUT2D eigenvalue weighted by Gasteiger charge is 2.09. The molecule has 0 spiro atoms. The summed E-state index contributed by atoms with van der Waals surface area (Å²) in [6, 6.07) is 6.96. The Hall–Kier alpha value is -2.70. The zero-order valence-corrected chi connectivity index (χ0v) is 13.1. The third-order valence-electron chi connectivity index (χ3n) is 3.07. The van der Waals surface area contributed by atoms with Crippen molar-refractivity contribution in [1.29, 1.82) is 0 Å². The molecule has 0 bridgehead atoms. The standard InChI is InChI=1S/C16H19N3O4/c1-11(2)23-16(22)7-8-17-15(21)10-19-13-6-4-3-5-12(13)14(20)9-18-19/h3-6,9,11H,7-8,10H2,1-2H3,(H,17,21). The van der Waals surface area contributed by atoms with Crippen molar-refractivity contribution in [2.45, 2.75) is 32.9 Å². The van der Waals surface area contributed by atoms with Crippen molar-refractivity contribution >= 4 is 22.8 Å². The fourth-order valence-electron chi connectivity index (χ4n) is 2.10.